The third-order valence-electron chi connectivity index (χ3n) is 3.77. The van der Waals surface area contributed by atoms with Gasteiger partial charge in [-0.1, -0.05) is 39.7 Å². The van der Waals surface area contributed by atoms with Crippen LogP contribution in [-0.4, -0.2) is 17.1 Å². The third-order valence-corrected chi connectivity index (χ3v) is 3.77. The van der Waals surface area contributed by atoms with Crippen molar-refractivity contribution in [2.24, 2.45) is 0 Å². The first-order valence-electron chi connectivity index (χ1n) is 7.86. The highest BCUT2D eigenvalue weighted by atomic mass is 16.5. The van der Waals surface area contributed by atoms with Gasteiger partial charge in [-0.05, 0) is 41.5 Å². The van der Waals surface area contributed by atoms with Crippen molar-refractivity contribution >= 4 is 16.9 Å². The van der Waals surface area contributed by atoms with Crippen molar-refractivity contribution in [3.8, 4) is 0 Å². The van der Waals surface area contributed by atoms with Gasteiger partial charge in [-0.3, -0.25) is 4.79 Å². The monoisotopic (exact) mass is 287 g/mol. The molecule has 0 aliphatic rings. The molecule has 2 rings (SSSR count). The van der Waals surface area contributed by atoms with Gasteiger partial charge in [0.05, 0.1) is 6.61 Å². The second-order valence-electron chi connectivity index (χ2n) is 5.84. The standard InChI is InChI=1S/C18H25NO2/c1-4-5-6-11-21-18(20)13-19-10-9-16-12-15(14(2)3)7-8-17(16)19/h7-10,12,14H,4-6,11,13H2,1-3H3. The molecule has 0 bridgehead atoms. The van der Waals surface area contributed by atoms with Gasteiger partial charge in [0.2, 0.25) is 0 Å². The Hall–Kier alpha value is -1.77. The molecule has 0 saturated heterocycles. The minimum Gasteiger partial charge on any atom is -0.464 e. The van der Waals surface area contributed by atoms with Crippen molar-refractivity contribution in [1.29, 1.82) is 0 Å². The molecule has 0 spiro atoms. The smallest absolute Gasteiger partial charge is 0.325 e. The molecular formula is C18H25NO2. The van der Waals surface area contributed by atoms with Crippen molar-refractivity contribution in [3.05, 3.63) is 36.0 Å². The van der Waals surface area contributed by atoms with E-state index >= 15 is 0 Å². The van der Waals surface area contributed by atoms with Gasteiger partial charge in [0, 0.05) is 11.7 Å². The first-order valence-corrected chi connectivity index (χ1v) is 7.86. The molecule has 0 aliphatic heterocycles. The molecule has 0 unspecified atom stereocenters. The fourth-order valence-electron chi connectivity index (χ4n) is 2.44. The van der Waals surface area contributed by atoms with Crippen molar-refractivity contribution in [2.75, 3.05) is 6.61 Å². The molecule has 0 radical (unpaired) electrons. The van der Waals surface area contributed by atoms with Crippen LogP contribution in [0, 0.1) is 0 Å². The second-order valence-corrected chi connectivity index (χ2v) is 5.84. The molecule has 3 nitrogen and oxygen atoms in total. The molecule has 3 heteroatoms. The topological polar surface area (TPSA) is 31.2 Å². The van der Waals surface area contributed by atoms with Crippen LogP contribution >= 0.6 is 0 Å². The Morgan fingerprint density at radius 2 is 2.05 bits per heavy atom. The molecule has 0 fully saturated rings. The van der Waals surface area contributed by atoms with E-state index in [-0.39, 0.29) is 12.5 Å². The second kappa shape index (κ2) is 7.30. The highest BCUT2D eigenvalue weighted by Gasteiger charge is 2.08. The summed E-state index contributed by atoms with van der Waals surface area (Å²) in [6.07, 6.45) is 5.16. The van der Waals surface area contributed by atoms with Crippen molar-refractivity contribution in [3.63, 3.8) is 0 Å². The van der Waals surface area contributed by atoms with Gasteiger partial charge in [0.1, 0.15) is 6.54 Å². The van der Waals surface area contributed by atoms with Gasteiger partial charge in [-0.15, -0.1) is 0 Å². The summed E-state index contributed by atoms with van der Waals surface area (Å²) in [5.41, 5.74) is 2.41. The number of fused-ring (bicyclic) bond motifs is 1. The average Bonchev–Trinajstić information content (AvgIpc) is 2.86. The summed E-state index contributed by atoms with van der Waals surface area (Å²) in [6.45, 7) is 7.33. The average molecular weight is 287 g/mol. The van der Waals surface area contributed by atoms with E-state index in [4.69, 9.17) is 4.74 Å². The van der Waals surface area contributed by atoms with E-state index < -0.39 is 0 Å². The fraction of sp³-hybridized carbons (Fsp3) is 0.500. The number of nitrogens with zero attached hydrogens (tertiary/aromatic N) is 1. The van der Waals surface area contributed by atoms with Gasteiger partial charge in [0.25, 0.3) is 0 Å². The Morgan fingerprint density at radius 1 is 1.24 bits per heavy atom. The van der Waals surface area contributed by atoms with Gasteiger partial charge in [0.15, 0.2) is 0 Å². The lowest BCUT2D eigenvalue weighted by atomic mass is 10.0. The summed E-state index contributed by atoms with van der Waals surface area (Å²) in [5, 5.41) is 1.18. The summed E-state index contributed by atoms with van der Waals surface area (Å²) < 4.78 is 7.23. The number of rotatable bonds is 7. The lowest BCUT2D eigenvalue weighted by Crippen LogP contribution is -2.13. The largest absolute Gasteiger partial charge is 0.464 e. The minimum absolute atomic E-state index is 0.156. The number of hydrogen-bond donors (Lipinski definition) is 0. The molecule has 21 heavy (non-hydrogen) atoms. The highest BCUT2D eigenvalue weighted by Crippen LogP contribution is 2.22. The van der Waals surface area contributed by atoms with E-state index in [1.165, 1.54) is 10.9 Å². The Labute approximate surface area is 126 Å². The van der Waals surface area contributed by atoms with E-state index in [1.54, 1.807) is 0 Å². The van der Waals surface area contributed by atoms with Crippen LogP contribution in [0.4, 0.5) is 0 Å². The van der Waals surface area contributed by atoms with Gasteiger partial charge < -0.3 is 9.30 Å². The normalized spacial score (nSPS) is 11.2. The number of benzene rings is 1. The number of aromatic nitrogens is 1. The molecular weight excluding hydrogens is 262 g/mol. The molecule has 1 aromatic heterocycles. The molecule has 0 atom stereocenters. The predicted molar refractivity (Wildman–Crippen MR) is 86.5 cm³/mol. The highest BCUT2D eigenvalue weighted by molar-refractivity contribution is 5.82. The van der Waals surface area contributed by atoms with Crippen LogP contribution in [0.25, 0.3) is 10.9 Å². The maximum Gasteiger partial charge on any atom is 0.325 e. The quantitative estimate of drug-likeness (QED) is 0.554. The number of unbranched alkanes of at least 4 members (excludes halogenated alkanes) is 2. The molecule has 0 N–H and O–H groups in total. The summed E-state index contributed by atoms with van der Waals surface area (Å²) in [6, 6.07) is 8.49. The van der Waals surface area contributed by atoms with Crippen LogP contribution in [0.15, 0.2) is 30.5 Å². The van der Waals surface area contributed by atoms with Gasteiger partial charge in [-0.25, -0.2) is 0 Å². The fourth-order valence-corrected chi connectivity index (χ4v) is 2.44. The van der Waals surface area contributed by atoms with Crippen LogP contribution in [0.1, 0.15) is 51.5 Å². The SMILES string of the molecule is CCCCCOC(=O)Cn1ccc2cc(C(C)C)ccc21. The Kier molecular flexibility index (Phi) is 5.43. The lowest BCUT2D eigenvalue weighted by Gasteiger charge is -2.08. The molecule has 114 valence electrons. The first-order chi connectivity index (χ1) is 10.1. The number of ether oxygens (including phenoxy) is 1. The zero-order valence-electron chi connectivity index (χ0n) is 13.3. The van der Waals surface area contributed by atoms with Crippen LogP contribution in [0.2, 0.25) is 0 Å². The van der Waals surface area contributed by atoms with Crippen LogP contribution in [0.5, 0.6) is 0 Å². The molecule has 2 aromatic rings. The third kappa shape index (κ3) is 4.10. The van der Waals surface area contributed by atoms with Gasteiger partial charge in [-0.2, -0.15) is 0 Å². The van der Waals surface area contributed by atoms with Crippen molar-refractivity contribution < 1.29 is 9.53 Å². The zero-order chi connectivity index (χ0) is 15.2. The maximum atomic E-state index is 11.8. The maximum absolute atomic E-state index is 11.8. The Bertz CT molecular complexity index is 598. The van der Waals surface area contributed by atoms with Gasteiger partial charge >= 0.3 is 5.97 Å². The van der Waals surface area contributed by atoms with E-state index in [2.05, 4.69) is 45.0 Å². The molecule has 1 heterocycles. The summed E-state index contributed by atoms with van der Waals surface area (Å²) >= 11 is 0. The zero-order valence-corrected chi connectivity index (χ0v) is 13.3. The summed E-state index contributed by atoms with van der Waals surface area (Å²) in [4.78, 5) is 11.8. The van der Waals surface area contributed by atoms with E-state index in [0.29, 0.717) is 12.5 Å². The number of hydrogen-bond acceptors (Lipinski definition) is 2. The number of carbonyl (C=O) groups excluding carboxylic acids is 1. The molecule has 0 saturated carbocycles. The van der Waals surface area contributed by atoms with E-state index in [1.807, 2.05) is 10.8 Å². The number of carbonyl (C=O) groups is 1. The Morgan fingerprint density at radius 3 is 2.76 bits per heavy atom. The van der Waals surface area contributed by atoms with E-state index in [9.17, 15) is 4.79 Å². The van der Waals surface area contributed by atoms with E-state index in [0.717, 1.165) is 24.8 Å². The van der Waals surface area contributed by atoms with Crippen molar-refractivity contribution in [1.82, 2.24) is 4.57 Å². The minimum atomic E-state index is -0.156. The predicted octanol–water partition coefficient (Wildman–Crippen LogP) is 4.50. The summed E-state index contributed by atoms with van der Waals surface area (Å²) in [5.74, 6) is 0.359. The molecule has 1 aromatic carbocycles. The van der Waals surface area contributed by atoms with Crippen LogP contribution in [0.3, 0.4) is 0 Å². The number of esters is 1. The Balaban J connectivity index is 2.00. The molecule has 0 amide bonds. The van der Waals surface area contributed by atoms with Crippen molar-refractivity contribution in [2.45, 2.75) is 52.5 Å². The summed E-state index contributed by atoms with van der Waals surface area (Å²) in [7, 11) is 0. The molecule has 0 aliphatic carbocycles. The lowest BCUT2D eigenvalue weighted by molar-refractivity contribution is -0.144. The first kappa shape index (κ1) is 15.6. The van der Waals surface area contributed by atoms with Crippen LogP contribution in [-0.2, 0) is 16.1 Å². The van der Waals surface area contributed by atoms with Crippen LogP contribution < -0.4 is 0 Å².